The molecule has 0 aliphatic carbocycles. The number of nitrogens with one attached hydrogen (secondary N) is 1. The average molecular weight is 479 g/mol. The van der Waals surface area contributed by atoms with Crippen molar-refractivity contribution in [1.82, 2.24) is 9.62 Å². The Hall–Kier alpha value is -2.98. The molecule has 1 saturated heterocycles. The SMILES string of the molecule is COc1cc(C(=O)NCCOc2ccc(S(=O)(=O)N3CCCCC3)cc2)cc(OC)c1OC. The van der Waals surface area contributed by atoms with Gasteiger partial charge in [-0.15, -0.1) is 0 Å². The van der Waals surface area contributed by atoms with E-state index >= 15 is 0 Å². The summed E-state index contributed by atoms with van der Waals surface area (Å²) < 4.78 is 48.4. The van der Waals surface area contributed by atoms with Crippen molar-refractivity contribution >= 4 is 15.9 Å². The van der Waals surface area contributed by atoms with Crippen LogP contribution in [0.5, 0.6) is 23.0 Å². The Balaban J connectivity index is 1.53. The number of hydrogen-bond acceptors (Lipinski definition) is 7. The Morgan fingerprint density at radius 2 is 1.55 bits per heavy atom. The molecule has 0 bridgehead atoms. The van der Waals surface area contributed by atoms with Crippen LogP contribution in [0, 0.1) is 0 Å². The van der Waals surface area contributed by atoms with Crippen LogP contribution in [-0.4, -0.2) is 66.2 Å². The molecule has 1 N–H and O–H groups in total. The number of hydrogen-bond donors (Lipinski definition) is 1. The van der Waals surface area contributed by atoms with Crippen molar-refractivity contribution in [2.24, 2.45) is 0 Å². The molecular weight excluding hydrogens is 448 g/mol. The van der Waals surface area contributed by atoms with E-state index in [2.05, 4.69) is 5.32 Å². The van der Waals surface area contributed by atoms with E-state index in [1.165, 1.54) is 25.6 Å². The van der Waals surface area contributed by atoms with Crippen LogP contribution in [0.4, 0.5) is 0 Å². The maximum absolute atomic E-state index is 12.7. The zero-order valence-electron chi connectivity index (χ0n) is 19.1. The summed E-state index contributed by atoms with van der Waals surface area (Å²) in [5.74, 6) is 1.39. The first-order valence-corrected chi connectivity index (χ1v) is 12.2. The molecule has 1 aliphatic rings. The van der Waals surface area contributed by atoms with Crippen molar-refractivity contribution in [3.05, 3.63) is 42.0 Å². The van der Waals surface area contributed by atoms with Crippen LogP contribution in [-0.2, 0) is 10.0 Å². The zero-order chi connectivity index (χ0) is 23.8. The third-order valence-electron chi connectivity index (χ3n) is 5.36. The number of nitrogens with zero attached hydrogens (tertiary/aromatic N) is 1. The fraction of sp³-hybridized carbons (Fsp3) is 0.435. The van der Waals surface area contributed by atoms with Crippen LogP contribution >= 0.6 is 0 Å². The molecule has 0 aromatic heterocycles. The van der Waals surface area contributed by atoms with Crippen LogP contribution in [0.2, 0.25) is 0 Å². The van der Waals surface area contributed by atoms with Gasteiger partial charge in [0.1, 0.15) is 12.4 Å². The minimum absolute atomic E-state index is 0.217. The Kier molecular flexibility index (Phi) is 8.40. The lowest BCUT2D eigenvalue weighted by molar-refractivity contribution is 0.0946. The first-order chi connectivity index (χ1) is 15.9. The highest BCUT2D eigenvalue weighted by molar-refractivity contribution is 7.89. The van der Waals surface area contributed by atoms with Gasteiger partial charge in [0.2, 0.25) is 15.8 Å². The van der Waals surface area contributed by atoms with Crippen molar-refractivity contribution in [3.63, 3.8) is 0 Å². The van der Waals surface area contributed by atoms with Crippen molar-refractivity contribution in [2.45, 2.75) is 24.2 Å². The first kappa shape index (κ1) is 24.7. The first-order valence-electron chi connectivity index (χ1n) is 10.7. The molecule has 10 heteroatoms. The largest absolute Gasteiger partial charge is 0.493 e. The maximum Gasteiger partial charge on any atom is 0.251 e. The minimum atomic E-state index is -3.47. The Labute approximate surface area is 194 Å². The molecule has 1 heterocycles. The van der Waals surface area contributed by atoms with Crippen molar-refractivity contribution in [2.75, 3.05) is 47.6 Å². The van der Waals surface area contributed by atoms with Crippen molar-refractivity contribution in [3.8, 4) is 23.0 Å². The summed E-state index contributed by atoms with van der Waals surface area (Å²) in [7, 11) is 0.986. The highest BCUT2D eigenvalue weighted by atomic mass is 32.2. The third-order valence-corrected chi connectivity index (χ3v) is 7.27. The van der Waals surface area contributed by atoms with Gasteiger partial charge >= 0.3 is 0 Å². The van der Waals surface area contributed by atoms with Crippen LogP contribution in [0.15, 0.2) is 41.3 Å². The molecule has 1 fully saturated rings. The summed E-state index contributed by atoms with van der Waals surface area (Å²) in [6, 6.07) is 9.48. The average Bonchev–Trinajstić information content (AvgIpc) is 2.86. The van der Waals surface area contributed by atoms with E-state index < -0.39 is 10.0 Å². The summed E-state index contributed by atoms with van der Waals surface area (Å²) in [5.41, 5.74) is 0.358. The molecule has 2 aromatic rings. The number of carbonyl (C=O) groups is 1. The van der Waals surface area contributed by atoms with Crippen LogP contribution in [0.3, 0.4) is 0 Å². The van der Waals surface area contributed by atoms with Gasteiger partial charge < -0.3 is 24.3 Å². The lowest BCUT2D eigenvalue weighted by Crippen LogP contribution is -2.35. The van der Waals surface area contributed by atoms with E-state index in [0.29, 0.717) is 41.7 Å². The van der Waals surface area contributed by atoms with E-state index in [-0.39, 0.29) is 24.0 Å². The van der Waals surface area contributed by atoms with E-state index in [9.17, 15) is 13.2 Å². The molecule has 0 saturated carbocycles. The second-order valence-electron chi connectivity index (χ2n) is 7.45. The molecule has 1 amide bonds. The predicted octanol–water partition coefficient (Wildman–Crippen LogP) is 2.70. The number of rotatable bonds is 10. The molecule has 0 atom stereocenters. The normalized spacial score (nSPS) is 14.4. The van der Waals surface area contributed by atoms with E-state index in [1.807, 2.05) is 0 Å². The zero-order valence-corrected chi connectivity index (χ0v) is 19.9. The summed E-state index contributed by atoms with van der Waals surface area (Å²) in [6.45, 7) is 1.59. The second kappa shape index (κ2) is 11.2. The van der Waals surface area contributed by atoms with Gasteiger partial charge in [0.25, 0.3) is 5.91 Å². The molecular formula is C23H30N2O7S. The van der Waals surface area contributed by atoms with Gasteiger partial charge in [-0.1, -0.05) is 6.42 Å². The van der Waals surface area contributed by atoms with E-state index in [0.717, 1.165) is 19.3 Å². The molecule has 0 radical (unpaired) electrons. The molecule has 180 valence electrons. The van der Waals surface area contributed by atoms with Gasteiger partial charge in [-0.25, -0.2) is 8.42 Å². The Morgan fingerprint density at radius 1 is 0.939 bits per heavy atom. The van der Waals surface area contributed by atoms with Crippen LogP contribution in [0.25, 0.3) is 0 Å². The van der Waals surface area contributed by atoms with Gasteiger partial charge in [-0.3, -0.25) is 4.79 Å². The number of amides is 1. The summed E-state index contributed by atoms with van der Waals surface area (Å²) in [5, 5.41) is 2.77. The number of ether oxygens (including phenoxy) is 4. The highest BCUT2D eigenvalue weighted by Crippen LogP contribution is 2.38. The lowest BCUT2D eigenvalue weighted by atomic mass is 10.1. The standard InChI is InChI=1S/C23H30N2O7S/c1-29-20-15-17(16-21(30-2)22(20)31-3)23(26)24-11-14-32-18-7-9-19(10-8-18)33(27,28)25-12-5-4-6-13-25/h7-10,15-16H,4-6,11-14H2,1-3H3,(H,24,26). The van der Waals surface area contributed by atoms with Crippen molar-refractivity contribution < 1.29 is 32.2 Å². The molecule has 0 spiro atoms. The summed E-state index contributed by atoms with van der Waals surface area (Å²) in [4.78, 5) is 12.8. The van der Waals surface area contributed by atoms with Gasteiger partial charge in [0, 0.05) is 18.7 Å². The topological polar surface area (TPSA) is 103 Å². The molecule has 0 unspecified atom stereocenters. The van der Waals surface area contributed by atoms with E-state index in [4.69, 9.17) is 18.9 Å². The Bertz CT molecular complexity index is 1020. The number of sulfonamides is 1. The molecule has 3 rings (SSSR count). The highest BCUT2D eigenvalue weighted by Gasteiger charge is 2.25. The van der Waals surface area contributed by atoms with Gasteiger partial charge in [0.05, 0.1) is 32.8 Å². The third kappa shape index (κ3) is 5.88. The predicted molar refractivity (Wildman–Crippen MR) is 123 cm³/mol. The minimum Gasteiger partial charge on any atom is -0.493 e. The van der Waals surface area contributed by atoms with Gasteiger partial charge in [0.15, 0.2) is 11.5 Å². The molecule has 1 aliphatic heterocycles. The quantitative estimate of drug-likeness (QED) is 0.524. The number of methoxy groups -OCH3 is 3. The lowest BCUT2D eigenvalue weighted by Gasteiger charge is -2.25. The van der Waals surface area contributed by atoms with Crippen LogP contribution in [0.1, 0.15) is 29.6 Å². The molecule has 9 nitrogen and oxygen atoms in total. The fourth-order valence-corrected chi connectivity index (χ4v) is 5.13. The molecule has 2 aromatic carbocycles. The summed E-state index contributed by atoms with van der Waals surface area (Å²) >= 11 is 0. The van der Waals surface area contributed by atoms with Crippen molar-refractivity contribution in [1.29, 1.82) is 0 Å². The van der Waals surface area contributed by atoms with Gasteiger partial charge in [-0.05, 0) is 49.2 Å². The van der Waals surface area contributed by atoms with Gasteiger partial charge in [-0.2, -0.15) is 4.31 Å². The summed E-state index contributed by atoms with van der Waals surface area (Å²) in [6.07, 6.45) is 2.85. The second-order valence-corrected chi connectivity index (χ2v) is 9.39. The van der Waals surface area contributed by atoms with Crippen LogP contribution < -0.4 is 24.3 Å². The Morgan fingerprint density at radius 3 is 2.09 bits per heavy atom. The number of carbonyl (C=O) groups excluding carboxylic acids is 1. The smallest absolute Gasteiger partial charge is 0.251 e. The monoisotopic (exact) mass is 478 g/mol. The maximum atomic E-state index is 12.7. The fourth-order valence-electron chi connectivity index (χ4n) is 3.61. The number of piperidine rings is 1. The molecule has 33 heavy (non-hydrogen) atoms. The van der Waals surface area contributed by atoms with E-state index in [1.54, 1.807) is 36.4 Å². The number of benzene rings is 2.